The lowest BCUT2D eigenvalue weighted by atomic mass is 10.1. The molecule has 1 aliphatic rings. The van der Waals surface area contributed by atoms with E-state index in [9.17, 15) is 13.2 Å². The van der Waals surface area contributed by atoms with Crippen LogP contribution in [0.1, 0.15) is 16.7 Å². The number of aromatic nitrogens is 4. The first-order valence-electron chi connectivity index (χ1n) is 13.7. The van der Waals surface area contributed by atoms with Crippen molar-refractivity contribution in [2.24, 2.45) is 0 Å². The van der Waals surface area contributed by atoms with Gasteiger partial charge in [-0.25, -0.2) is 9.97 Å². The molecule has 0 radical (unpaired) electrons. The molecular weight excluding hydrogens is 563 g/mol. The second-order valence-corrected chi connectivity index (χ2v) is 10.1. The highest BCUT2D eigenvalue weighted by Crippen LogP contribution is 2.31. The number of alkyl halides is 3. The first-order valence-corrected chi connectivity index (χ1v) is 13.7. The van der Waals surface area contributed by atoms with Gasteiger partial charge in [0.1, 0.15) is 0 Å². The number of methoxy groups -OCH3 is 2. The van der Waals surface area contributed by atoms with Crippen LogP contribution in [0, 0.1) is 0 Å². The number of hydrogen-bond donors (Lipinski definition) is 1. The van der Waals surface area contributed by atoms with Crippen LogP contribution in [0.15, 0.2) is 71.5 Å². The normalized spacial score (nSPS) is 14.3. The molecular formula is C30H30F3N7O3. The first kappa shape index (κ1) is 28.3. The molecule has 0 unspecified atom stereocenters. The fraction of sp³-hybridized carbons (Fsp3) is 0.300. The molecule has 0 aliphatic carbocycles. The fourth-order valence-electron chi connectivity index (χ4n) is 5.10. The quantitative estimate of drug-likeness (QED) is 0.243. The number of fused-ring (bicyclic) bond motifs is 1. The van der Waals surface area contributed by atoms with Gasteiger partial charge in [-0.3, -0.25) is 4.90 Å². The number of nitrogens with one attached hydrogen (secondary N) is 1. The predicted octanol–water partition coefficient (Wildman–Crippen LogP) is 5.35. The molecule has 43 heavy (non-hydrogen) atoms. The van der Waals surface area contributed by atoms with E-state index in [0.717, 1.165) is 42.0 Å². The van der Waals surface area contributed by atoms with Gasteiger partial charge in [-0.2, -0.15) is 17.7 Å². The monoisotopic (exact) mass is 593 g/mol. The third kappa shape index (κ3) is 6.07. The molecule has 6 rings (SSSR count). The Hall–Kier alpha value is -4.78. The van der Waals surface area contributed by atoms with Gasteiger partial charge in [0, 0.05) is 56.7 Å². The molecule has 1 N–H and O–H groups in total. The smallest absolute Gasteiger partial charge is 0.416 e. The van der Waals surface area contributed by atoms with Crippen LogP contribution in [0.5, 0.6) is 11.5 Å². The first-order chi connectivity index (χ1) is 20.8. The number of ether oxygens (including phenoxy) is 2. The van der Waals surface area contributed by atoms with Crippen molar-refractivity contribution in [1.82, 2.24) is 24.5 Å². The Morgan fingerprint density at radius 2 is 1.72 bits per heavy atom. The summed E-state index contributed by atoms with van der Waals surface area (Å²) in [4.78, 5) is 13.8. The van der Waals surface area contributed by atoms with Crippen LogP contribution in [-0.4, -0.2) is 64.9 Å². The summed E-state index contributed by atoms with van der Waals surface area (Å²) in [6.45, 7) is 3.87. The third-order valence-electron chi connectivity index (χ3n) is 7.40. The Morgan fingerprint density at radius 1 is 0.953 bits per heavy atom. The standard InChI is InChI=1S/C30H30F3N7O3/c1-41-24-10-5-20(16-26(24)42-2)17-34-29-35-18-21(28-36-27(37-40(28)29)25-4-3-15-43-25)19-38-11-13-39(14-12-38)23-8-6-22(7-9-23)30(31,32)33/h3-10,15-16,18H,11-14,17,19H2,1-2H3,(H,34,35). The number of benzene rings is 2. The lowest BCUT2D eigenvalue weighted by Crippen LogP contribution is -2.46. The van der Waals surface area contributed by atoms with Gasteiger partial charge in [0.25, 0.3) is 0 Å². The Morgan fingerprint density at radius 3 is 2.40 bits per heavy atom. The summed E-state index contributed by atoms with van der Waals surface area (Å²) in [7, 11) is 3.19. The fourth-order valence-corrected chi connectivity index (χ4v) is 5.10. The molecule has 0 saturated carbocycles. The summed E-state index contributed by atoms with van der Waals surface area (Å²) in [6.07, 6.45) is -0.967. The van der Waals surface area contributed by atoms with Gasteiger partial charge in [0.2, 0.25) is 11.8 Å². The van der Waals surface area contributed by atoms with Crippen LogP contribution >= 0.6 is 0 Å². The summed E-state index contributed by atoms with van der Waals surface area (Å²) in [5, 5.41) is 8.04. The van der Waals surface area contributed by atoms with Gasteiger partial charge in [0.05, 0.1) is 26.0 Å². The second kappa shape index (κ2) is 11.8. The lowest BCUT2D eigenvalue weighted by Gasteiger charge is -2.36. The van der Waals surface area contributed by atoms with E-state index in [-0.39, 0.29) is 0 Å². The summed E-state index contributed by atoms with van der Waals surface area (Å²) < 4.78 is 56.9. The summed E-state index contributed by atoms with van der Waals surface area (Å²) in [5.74, 6) is 2.79. The van der Waals surface area contributed by atoms with Crippen molar-refractivity contribution in [2.75, 3.05) is 50.6 Å². The van der Waals surface area contributed by atoms with E-state index in [2.05, 4.69) is 20.1 Å². The Bertz CT molecular complexity index is 1680. The van der Waals surface area contributed by atoms with Crippen LogP contribution in [0.4, 0.5) is 24.8 Å². The highest BCUT2D eigenvalue weighted by atomic mass is 19.4. The highest BCUT2D eigenvalue weighted by molar-refractivity contribution is 5.58. The van der Waals surface area contributed by atoms with E-state index >= 15 is 0 Å². The van der Waals surface area contributed by atoms with E-state index in [1.54, 1.807) is 43.3 Å². The molecule has 3 aromatic heterocycles. The van der Waals surface area contributed by atoms with Gasteiger partial charge >= 0.3 is 6.18 Å². The van der Waals surface area contributed by atoms with Gasteiger partial charge < -0.3 is 24.1 Å². The second-order valence-electron chi connectivity index (χ2n) is 10.1. The molecule has 4 heterocycles. The molecule has 2 aromatic carbocycles. The van der Waals surface area contributed by atoms with E-state index in [1.165, 1.54) is 12.1 Å². The minimum absolute atomic E-state index is 0.445. The van der Waals surface area contributed by atoms with Crippen molar-refractivity contribution in [2.45, 2.75) is 19.3 Å². The zero-order valence-electron chi connectivity index (χ0n) is 23.6. The van der Waals surface area contributed by atoms with Crippen molar-refractivity contribution in [3.63, 3.8) is 0 Å². The number of halogens is 3. The van der Waals surface area contributed by atoms with Crippen molar-refractivity contribution in [3.05, 3.63) is 83.7 Å². The van der Waals surface area contributed by atoms with E-state index in [1.807, 2.05) is 18.2 Å². The topological polar surface area (TPSA) is 93.2 Å². The molecule has 5 aromatic rings. The molecule has 10 nitrogen and oxygen atoms in total. The van der Waals surface area contributed by atoms with Crippen molar-refractivity contribution in [1.29, 1.82) is 0 Å². The van der Waals surface area contributed by atoms with Crippen molar-refractivity contribution in [3.8, 4) is 23.1 Å². The summed E-state index contributed by atoms with van der Waals surface area (Å²) in [5.41, 5.74) is 2.65. The van der Waals surface area contributed by atoms with Gasteiger partial charge in [-0.15, -0.1) is 5.10 Å². The average molecular weight is 594 g/mol. The molecule has 0 amide bonds. The zero-order chi connectivity index (χ0) is 30.0. The number of anilines is 2. The number of furan rings is 1. The van der Waals surface area contributed by atoms with E-state index in [4.69, 9.17) is 24.0 Å². The number of hydrogen-bond acceptors (Lipinski definition) is 9. The average Bonchev–Trinajstić information content (AvgIpc) is 3.72. The molecule has 1 saturated heterocycles. The minimum Gasteiger partial charge on any atom is -0.493 e. The third-order valence-corrected chi connectivity index (χ3v) is 7.40. The van der Waals surface area contributed by atoms with Crippen LogP contribution < -0.4 is 19.7 Å². The zero-order valence-corrected chi connectivity index (χ0v) is 23.6. The SMILES string of the molecule is COc1ccc(CNc2ncc(CN3CCN(c4ccc(C(F)(F)F)cc4)CC3)c3nc(-c4ccco4)nn23)cc1OC. The predicted molar refractivity (Wildman–Crippen MR) is 154 cm³/mol. The Kier molecular flexibility index (Phi) is 7.80. The molecule has 0 spiro atoms. The van der Waals surface area contributed by atoms with E-state index < -0.39 is 11.7 Å². The van der Waals surface area contributed by atoms with Crippen molar-refractivity contribution >= 4 is 17.3 Å². The van der Waals surface area contributed by atoms with Crippen molar-refractivity contribution < 1.29 is 27.1 Å². The summed E-state index contributed by atoms with van der Waals surface area (Å²) >= 11 is 0. The Balaban J connectivity index is 1.19. The van der Waals surface area contributed by atoms with Gasteiger partial charge in [0.15, 0.2) is 22.9 Å². The largest absolute Gasteiger partial charge is 0.493 e. The number of rotatable bonds is 9. The van der Waals surface area contributed by atoms with Crippen LogP contribution in [0.3, 0.4) is 0 Å². The molecule has 0 atom stereocenters. The Labute approximate surface area is 245 Å². The van der Waals surface area contributed by atoms with Crippen LogP contribution in [-0.2, 0) is 19.3 Å². The molecule has 0 bridgehead atoms. The molecule has 1 aliphatic heterocycles. The maximum Gasteiger partial charge on any atom is 0.416 e. The van der Waals surface area contributed by atoms with Gasteiger partial charge in [-0.05, 0) is 54.1 Å². The molecule has 1 fully saturated rings. The maximum absolute atomic E-state index is 13.0. The van der Waals surface area contributed by atoms with Gasteiger partial charge in [-0.1, -0.05) is 6.07 Å². The summed E-state index contributed by atoms with van der Waals surface area (Å²) in [6, 6.07) is 14.6. The maximum atomic E-state index is 13.0. The molecule has 13 heteroatoms. The lowest BCUT2D eigenvalue weighted by molar-refractivity contribution is -0.137. The minimum atomic E-state index is -4.34. The number of nitrogens with zero attached hydrogens (tertiary/aromatic N) is 6. The van der Waals surface area contributed by atoms with Crippen LogP contribution in [0.2, 0.25) is 0 Å². The molecule has 224 valence electrons. The van der Waals surface area contributed by atoms with Crippen LogP contribution in [0.25, 0.3) is 17.2 Å². The highest BCUT2D eigenvalue weighted by Gasteiger charge is 2.30. The number of piperazine rings is 1. The van der Waals surface area contributed by atoms with E-state index in [0.29, 0.717) is 60.9 Å².